The summed E-state index contributed by atoms with van der Waals surface area (Å²) in [5.74, 6) is 0.950. The van der Waals surface area contributed by atoms with E-state index < -0.39 is 0 Å². The Morgan fingerprint density at radius 1 is 1.09 bits per heavy atom. The summed E-state index contributed by atoms with van der Waals surface area (Å²) in [6, 6.07) is 18.2. The molecule has 0 radical (unpaired) electrons. The fourth-order valence-electron chi connectivity index (χ4n) is 4.42. The lowest BCUT2D eigenvalue weighted by Gasteiger charge is -2.36. The molecule has 182 valence electrons. The van der Waals surface area contributed by atoms with Gasteiger partial charge in [-0.3, -0.25) is 0 Å². The third kappa shape index (κ3) is 6.16. The van der Waals surface area contributed by atoms with Gasteiger partial charge in [-0.05, 0) is 55.2 Å². The molecule has 5 rings (SSSR count). The van der Waals surface area contributed by atoms with Gasteiger partial charge in [-0.2, -0.15) is 0 Å². The van der Waals surface area contributed by atoms with E-state index >= 15 is 0 Å². The minimum absolute atomic E-state index is 0. The lowest BCUT2D eigenvalue weighted by molar-refractivity contribution is 0.282. The first kappa shape index (κ1) is 27.0. The van der Waals surface area contributed by atoms with Gasteiger partial charge in [0.25, 0.3) is 0 Å². The lowest BCUT2D eigenvalue weighted by Crippen LogP contribution is -2.52. The highest BCUT2D eigenvalue weighted by Crippen LogP contribution is 2.44. The van der Waals surface area contributed by atoms with Crippen LogP contribution in [-0.4, -0.2) is 36.4 Å². The molecule has 1 unspecified atom stereocenters. The van der Waals surface area contributed by atoms with E-state index in [-0.39, 0.29) is 30.6 Å². The van der Waals surface area contributed by atoms with Crippen molar-refractivity contribution in [3.05, 3.63) is 76.4 Å². The summed E-state index contributed by atoms with van der Waals surface area (Å²) in [7, 11) is 0. The summed E-state index contributed by atoms with van der Waals surface area (Å²) in [6.45, 7) is 5.03. The highest BCUT2D eigenvalue weighted by atomic mass is 35.5. The first-order valence-electron chi connectivity index (χ1n) is 11.4. The smallest absolute Gasteiger partial charge is 0.138 e. The molecule has 8 heteroatoms. The SMILES string of the molecule is CCCc1cc2c(s1)Sc1ccccc1N=C2N1CCNC(CCc2cccc(F)c2)C1.Cl.Cl. The first-order chi connectivity index (χ1) is 15.7. The second-order valence-electron chi connectivity index (χ2n) is 8.43. The van der Waals surface area contributed by atoms with E-state index in [1.807, 2.05) is 29.2 Å². The van der Waals surface area contributed by atoms with Crippen LogP contribution in [0.3, 0.4) is 0 Å². The molecule has 2 aromatic carbocycles. The summed E-state index contributed by atoms with van der Waals surface area (Å²) < 4.78 is 14.9. The number of thiophene rings is 1. The van der Waals surface area contributed by atoms with Crippen LogP contribution in [0.2, 0.25) is 0 Å². The number of benzene rings is 2. The Kier molecular flexibility index (Phi) is 9.86. The monoisotopic (exact) mass is 537 g/mol. The molecule has 0 bridgehead atoms. The molecule has 1 saturated heterocycles. The van der Waals surface area contributed by atoms with Crippen molar-refractivity contribution >= 4 is 59.4 Å². The predicted octanol–water partition coefficient (Wildman–Crippen LogP) is 7.13. The van der Waals surface area contributed by atoms with Gasteiger partial charge in [-0.15, -0.1) is 36.2 Å². The molecule has 0 spiro atoms. The quantitative estimate of drug-likeness (QED) is 0.375. The Bertz CT molecular complexity index is 1130. The van der Waals surface area contributed by atoms with Crippen LogP contribution in [0.15, 0.2) is 68.7 Å². The van der Waals surface area contributed by atoms with Gasteiger partial charge in [0.15, 0.2) is 0 Å². The topological polar surface area (TPSA) is 27.6 Å². The van der Waals surface area contributed by atoms with Crippen LogP contribution in [0.5, 0.6) is 0 Å². The zero-order valence-electron chi connectivity index (χ0n) is 19.1. The van der Waals surface area contributed by atoms with Crippen molar-refractivity contribution in [2.24, 2.45) is 4.99 Å². The summed E-state index contributed by atoms with van der Waals surface area (Å²) in [6.07, 6.45) is 4.13. The molecule has 1 N–H and O–H groups in total. The van der Waals surface area contributed by atoms with Gasteiger partial charge in [-0.25, -0.2) is 9.38 Å². The number of para-hydroxylation sites is 1. The highest BCUT2D eigenvalue weighted by Gasteiger charge is 2.28. The maximum absolute atomic E-state index is 13.6. The Labute approximate surface area is 222 Å². The summed E-state index contributed by atoms with van der Waals surface area (Å²) in [4.78, 5) is 10.3. The van der Waals surface area contributed by atoms with Crippen LogP contribution < -0.4 is 5.32 Å². The molecule has 3 heterocycles. The van der Waals surface area contributed by atoms with Gasteiger partial charge in [-0.1, -0.05) is 49.4 Å². The van der Waals surface area contributed by atoms with Crippen molar-refractivity contribution in [2.45, 2.75) is 47.8 Å². The minimum Gasteiger partial charge on any atom is -0.353 e. The van der Waals surface area contributed by atoms with Crippen LogP contribution in [-0.2, 0) is 12.8 Å². The first-order valence-corrected chi connectivity index (χ1v) is 13.0. The Hall–Kier alpha value is -1.57. The molecule has 0 aliphatic carbocycles. The number of rotatable bonds is 5. The van der Waals surface area contributed by atoms with E-state index in [9.17, 15) is 4.39 Å². The number of aryl methyl sites for hydroxylation is 2. The predicted molar refractivity (Wildman–Crippen MR) is 148 cm³/mol. The molecule has 1 fully saturated rings. The lowest BCUT2D eigenvalue weighted by atomic mass is 10.0. The van der Waals surface area contributed by atoms with Crippen LogP contribution in [0.25, 0.3) is 0 Å². The van der Waals surface area contributed by atoms with Crippen LogP contribution in [0, 0.1) is 5.82 Å². The van der Waals surface area contributed by atoms with Crippen molar-refractivity contribution in [1.82, 2.24) is 10.2 Å². The van der Waals surface area contributed by atoms with Crippen LogP contribution in [0.1, 0.15) is 35.8 Å². The van der Waals surface area contributed by atoms with E-state index in [1.165, 1.54) is 25.6 Å². The summed E-state index contributed by atoms with van der Waals surface area (Å²) >= 11 is 3.77. The standard InChI is InChI=1S/C26H28FN3S2.2ClH/c1-2-6-21-16-22-25(29-23-9-3-4-10-24(23)32-26(22)31-21)30-14-13-28-20(17-30)12-11-18-7-5-8-19(27)15-18;;/h3-5,7-10,15-16,20,28H,2,6,11-14,17H2,1H3;2*1H. The third-order valence-electron chi connectivity index (χ3n) is 6.01. The van der Waals surface area contributed by atoms with Crippen molar-refractivity contribution in [3.63, 3.8) is 0 Å². The molecule has 1 aromatic heterocycles. The molecular formula is C26H30Cl2FN3S2. The summed E-state index contributed by atoms with van der Waals surface area (Å²) in [5, 5.41) is 3.66. The number of fused-ring (bicyclic) bond motifs is 2. The number of aliphatic imine (C=N–C) groups is 1. The second kappa shape index (κ2) is 12.4. The van der Waals surface area contributed by atoms with Gasteiger partial charge in [0, 0.05) is 41.0 Å². The molecule has 3 aromatic rings. The van der Waals surface area contributed by atoms with E-state index in [4.69, 9.17) is 4.99 Å². The number of amidine groups is 1. The largest absolute Gasteiger partial charge is 0.353 e. The van der Waals surface area contributed by atoms with Crippen molar-refractivity contribution in [2.75, 3.05) is 19.6 Å². The van der Waals surface area contributed by atoms with Crippen LogP contribution >= 0.6 is 47.9 Å². The Balaban J connectivity index is 0.00000162. The zero-order chi connectivity index (χ0) is 21.9. The number of halogens is 3. The molecule has 0 amide bonds. The molecular weight excluding hydrogens is 508 g/mol. The number of hydrogen-bond donors (Lipinski definition) is 1. The van der Waals surface area contributed by atoms with Gasteiger partial charge in [0.2, 0.25) is 0 Å². The van der Waals surface area contributed by atoms with Gasteiger partial charge >= 0.3 is 0 Å². The second-order valence-corrected chi connectivity index (χ2v) is 10.9. The van der Waals surface area contributed by atoms with Gasteiger partial charge in [0.05, 0.1) is 9.90 Å². The minimum atomic E-state index is -0.155. The number of piperazine rings is 1. The maximum atomic E-state index is 13.6. The zero-order valence-corrected chi connectivity index (χ0v) is 22.4. The highest BCUT2D eigenvalue weighted by molar-refractivity contribution is 8.01. The molecule has 2 aliphatic rings. The fraction of sp³-hybridized carbons (Fsp3) is 0.346. The van der Waals surface area contributed by atoms with E-state index in [2.05, 4.69) is 47.5 Å². The number of nitrogens with one attached hydrogen (secondary N) is 1. The Morgan fingerprint density at radius 3 is 2.76 bits per heavy atom. The average Bonchev–Trinajstić information content (AvgIpc) is 3.12. The van der Waals surface area contributed by atoms with E-state index in [0.29, 0.717) is 6.04 Å². The Morgan fingerprint density at radius 2 is 1.94 bits per heavy atom. The normalized spacial score (nSPS) is 16.9. The van der Waals surface area contributed by atoms with Gasteiger partial charge in [0.1, 0.15) is 11.7 Å². The van der Waals surface area contributed by atoms with Crippen molar-refractivity contribution in [3.8, 4) is 0 Å². The molecule has 2 aliphatic heterocycles. The molecule has 3 nitrogen and oxygen atoms in total. The van der Waals surface area contributed by atoms with E-state index in [0.717, 1.165) is 62.4 Å². The van der Waals surface area contributed by atoms with Gasteiger partial charge < -0.3 is 10.2 Å². The maximum Gasteiger partial charge on any atom is 0.138 e. The van der Waals surface area contributed by atoms with Crippen LogP contribution in [0.4, 0.5) is 10.1 Å². The van der Waals surface area contributed by atoms with E-state index in [1.54, 1.807) is 12.1 Å². The number of nitrogens with zero attached hydrogens (tertiary/aromatic N) is 2. The molecule has 1 atom stereocenters. The average molecular weight is 539 g/mol. The fourth-order valence-corrected chi connectivity index (χ4v) is 6.98. The third-order valence-corrected chi connectivity index (χ3v) is 8.47. The molecule has 0 saturated carbocycles. The number of hydrogen-bond acceptors (Lipinski definition) is 5. The van der Waals surface area contributed by atoms with Crippen molar-refractivity contribution in [1.29, 1.82) is 0 Å². The molecule has 34 heavy (non-hydrogen) atoms. The van der Waals surface area contributed by atoms with Crippen molar-refractivity contribution < 1.29 is 4.39 Å². The summed E-state index contributed by atoms with van der Waals surface area (Å²) in [5.41, 5.74) is 3.40.